The Morgan fingerprint density at radius 1 is 0.545 bits per heavy atom. The molecule has 0 spiro atoms. The van der Waals surface area contributed by atoms with Crippen LogP contribution in [-0.2, 0) is 0 Å². The third kappa shape index (κ3) is 1.77. The van der Waals surface area contributed by atoms with Gasteiger partial charge in [0.15, 0.2) is 0 Å². The molecular formula is C20H20Cl2. The molecule has 0 saturated carbocycles. The number of halogens is 2. The summed E-state index contributed by atoms with van der Waals surface area (Å²) in [6, 6.07) is 9.33. The molecule has 0 unspecified atom stereocenters. The van der Waals surface area contributed by atoms with Gasteiger partial charge >= 0.3 is 0 Å². The van der Waals surface area contributed by atoms with Gasteiger partial charge in [0.2, 0.25) is 0 Å². The fourth-order valence-electron chi connectivity index (χ4n) is 4.19. The van der Waals surface area contributed by atoms with Crippen molar-refractivity contribution in [3.05, 3.63) is 68.8 Å². The summed E-state index contributed by atoms with van der Waals surface area (Å²) in [5, 5.41) is -0.0632. The van der Waals surface area contributed by atoms with E-state index in [1.54, 1.807) is 0 Å². The number of benzene rings is 2. The second kappa shape index (κ2) is 4.76. The van der Waals surface area contributed by atoms with Crippen LogP contribution in [0.25, 0.3) is 0 Å². The Hall–Kier alpha value is -0.980. The average Bonchev–Trinajstić information content (AvgIpc) is 2.46. The van der Waals surface area contributed by atoms with Gasteiger partial charge in [-0.15, -0.1) is 23.2 Å². The zero-order chi connectivity index (χ0) is 15.8. The molecule has 0 heterocycles. The lowest BCUT2D eigenvalue weighted by atomic mass is 9.62. The molecule has 22 heavy (non-hydrogen) atoms. The highest BCUT2D eigenvalue weighted by Crippen LogP contribution is 2.57. The monoisotopic (exact) mass is 330 g/mol. The van der Waals surface area contributed by atoms with Crippen LogP contribution in [0.3, 0.4) is 0 Å². The first-order chi connectivity index (χ1) is 10.4. The van der Waals surface area contributed by atoms with Crippen molar-refractivity contribution in [1.82, 2.24) is 0 Å². The smallest absolute Gasteiger partial charge is 0.0618 e. The normalized spacial score (nSPS) is 28.5. The number of rotatable bonds is 0. The van der Waals surface area contributed by atoms with E-state index in [1.165, 1.54) is 44.5 Å². The number of alkyl halides is 2. The van der Waals surface area contributed by atoms with Gasteiger partial charge in [0.25, 0.3) is 0 Å². The minimum Gasteiger partial charge on any atom is -0.120 e. The van der Waals surface area contributed by atoms with Crippen molar-refractivity contribution in [1.29, 1.82) is 0 Å². The van der Waals surface area contributed by atoms with Gasteiger partial charge in [-0.3, -0.25) is 0 Å². The summed E-state index contributed by atoms with van der Waals surface area (Å²) in [6.45, 7) is 8.72. The van der Waals surface area contributed by atoms with Crippen molar-refractivity contribution in [2.45, 2.75) is 50.3 Å². The van der Waals surface area contributed by atoms with Crippen LogP contribution in [-0.4, -0.2) is 10.8 Å². The van der Waals surface area contributed by atoms with E-state index in [0.717, 1.165) is 0 Å². The molecule has 0 aliphatic heterocycles. The van der Waals surface area contributed by atoms with Crippen LogP contribution in [0.15, 0.2) is 24.3 Å². The maximum absolute atomic E-state index is 6.77. The molecule has 3 aliphatic carbocycles. The Bertz CT molecular complexity index is 665. The highest BCUT2D eigenvalue weighted by atomic mass is 35.5. The zero-order valence-electron chi connectivity index (χ0n) is 13.4. The van der Waals surface area contributed by atoms with E-state index in [9.17, 15) is 0 Å². The second-order valence-corrected chi connectivity index (χ2v) is 7.98. The summed E-state index contributed by atoms with van der Waals surface area (Å²) in [5.74, 6) is 0.440. The van der Waals surface area contributed by atoms with Crippen molar-refractivity contribution >= 4 is 23.2 Å². The van der Waals surface area contributed by atoms with Crippen molar-refractivity contribution in [3.8, 4) is 0 Å². The third-order valence-corrected chi connectivity index (χ3v) is 6.86. The lowest BCUT2D eigenvalue weighted by molar-refractivity contribution is 0.533. The predicted octanol–water partition coefficient (Wildman–Crippen LogP) is 5.73. The molecule has 0 aromatic heterocycles. The van der Waals surface area contributed by atoms with Crippen LogP contribution in [0, 0.1) is 27.7 Å². The molecular weight excluding hydrogens is 311 g/mol. The molecule has 2 bridgehead atoms. The SMILES string of the molecule is Cc1cc2c(cc1C)C1c3cc(C)c(C)cc3C2[C@@H](Cl)[C@@H]1Cl. The van der Waals surface area contributed by atoms with Crippen LogP contribution in [0.2, 0.25) is 0 Å². The number of aryl methyl sites for hydroxylation is 4. The van der Waals surface area contributed by atoms with Gasteiger partial charge in [-0.1, -0.05) is 24.3 Å². The zero-order valence-corrected chi connectivity index (χ0v) is 14.9. The highest BCUT2D eigenvalue weighted by molar-refractivity contribution is 6.31. The minimum atomic E-state index is -0.0316. The maximum atomic E-state index is 6.77. The first-order valence-electron chi connectivity index (χ1n) is 7.90. The van der Waals surface area contributed by atoms with E-state index in [-0.39, 0.29) is 22.6 Å². The number of fused-ring (bicyclic) bond motifs is 1. The van der Waals surface area contributed by atoms with Crippen LogP contribution in [0.5, 0.6) is 0 Å². The Kier molecular flexibility index (Phi) is 3.16. The van der Waals surface area contributed by atoms with E-state index in [4.69, 9.17) is 23.2 Å². The first kappa shape index (κ1) is 14.6. The predicted molar refractivity (Wildman–Crippen MR) is 94.8 cm³/mol. The van der Waals surface area contributed by atoms with E-state index >= 15 is 0 Å². The molecule has 0 fully saturated rings. The summed E-state index contributed by atoms with van der Waals surface area (Å²) < 4.78 is 0. The Balaban J connectivity index is 2.05. The summed E-state index contributed by atoms with van der Waals surface area (Å²) in [4.78, 5) is 0. The van der Waals surface area contributed by atoms with Gasteiger partial charge in [0.1, 0.15) is 0 Å². The van der Waals surface area contributed by atoms with Gasteiger partial charge in [-0.2, -0.15) is 0 Å². The molecule has 0 nitrogen and oxygen atoms in total. The number of hydrogen-bond acceptors (Lipinski definition) is 0. The van der Waals surface area contributed by atoms with Crippen molar-refractivity contribution in [2.75, 3.05) is 0 Å². The molecule has 0 radical (unpaired) electrons. The van der Waals surface area contributed by atoms with Crippen molar-refractivity contribution in [3.63, 3.8) is 0 Å². The fraction of sp³-hybridized carbons (Fsp3) is 0.400. The van der Waals surface area contributed by atoms with Crippen molar-refractivity contribution < 1.29 is 0 Å². The van der Waals surface area contributed by atoms with E-state index in [2.05, 4.69) is 52.0 Å². The summed E-state index contributed by atoms with van der Waals surface area (Å²) in [5.41, 5.74) is 10.9. The molecule has 2 aromatic rings. The molecule has 114 valence electrons. The van der Waals surface area contributed by atoms with E-state index in [0.29, 0.717) is 0 Å². The average molecular weight is 331 g/mol. The lowest BCUT2D eigenvalue weighted by Gasteiger charge is -2.47. The van der Waals surface area contributed by atoms with Crippen LogP contribution < -0.4 is 0 Å². The number of hydrogen-bond donors (Lipinski definition) is 0. The van der Waals surface area contributed by atoms with Gasteiger partial charge in [-0.25, -0.2) is 0 Å². The molecule has 2 aromatic carbocycles. The summed E-state index contributed by atoms with van der Waals surface area (Å²) >= 11 is 13.5. The van der Waals surface area contributed by atoms with Crippen molar-refractivity contribution in [2.24, 2.45) is 0 Å². The van der Waals surface area contributed by atoms with Crippen LogP contribution >= 0.6 is 23.2 Å². The molecule has 0 amide bonds. The molecule has 5 rings (SSSR count). The topological polar surface area (TPSA) is 0 Å². The molecule has 2 atom stereocenters. The van der Waals surface area contributed by atoms with Gasteiger partial charge in [0.05, 0.1) is 10.8 Å². The fourth-order valence-corrected chi connectivity index (χ4v) is 5.02. The Morgan fingerprint density at radius 3 is 1.00 bits per heavy atom. The summed E-state index contributed by atoms with van der Waals surface area (Å²) in [6.07, 6.45) is 0. The van der Waals surface area contributed by atoms with E-state index < -0.39 is 0 Å². The van der Waals surface area contributed by atoms with Gasteiger partial charge in [-0.05, 0) is 72.2 Å². The van der Waals surface area contributed by atoms with E-state index in [1.807, 2.05) is 0 Å². The molecule has 2 heteroatoms. The summed E-state index contributed by atoms with van der Waals surface area (Å²) in [7, 11) is 0. The molecule has 3 aliphatic rings. The lowest BCUT2D eigenvalue weighted by Crippen LogP contribution is -2.42. The van der Waals surface area contributed by atoms with Crippen LogP contribution in [0.1, 0.15) is 56.3 Å². The molecule has 0 saturated heterocycles. The third-order valence-electron chi connectivity index (χ3n) is 5.68. The quantitative estimate of drug-likeness (QED) is 0.541. The Labute approximate surface area is 142 Å². The van der Waals surface area contributed by atoms with Gasteiger partial charge < -0.3 is 0 Å². The second-order valence-electron chi connectivity index (χ2n) is 6.97. The highest BCUT2D eigenvalue weighted by Gasteiger charge is 2.48. The Morgan fingerprint density at radius 2 is 0.773 bits per heavy atom. The first-order valence-corrected chi connectivity index (χ1v) is 8.77. The maximum Gasteiger partial charge on any atom is 0.0618 e. The minimum absolute atomic E-state index is 0.0316. The standard InChI is InChI=1S/C20H20Cl2/c1-9-5-13-14(6-10(9)2)18-16-8-12(4)11(3)7-15(16)17(13)19(21)20(18)22/h5-8,17-20H,1-4H3/t17?,18?,19-,20-/m1/s1. The molecule has 0 N–H and O–H groups in total. The largest absolute Gasteiger partial charge is 0.120 e. The van der Waals surface area contributed by atoms with Crippen LogP contribution in [0.4, 0.5) is 0 Å². The van der Waals surface area contributed by atoms with Gasteiger partial charge in [0, 0.05) is 11.8 Å².